The van der Waals surface area contributed by atoms with Crippen molar-refractivity contribution in [3.63, 3.8) is 0 Å². The zero-order chi connectivity index (χ0) is 26.8. The van der Waals surface area contributed by atoms with Crippen LogP contribution in [0.25, 0.3) is 11.1 Å². The zero-order valence-electron chi connectivity index (χ0n) is 21.0. The van der Waals surface area contributed by atoms with E-state index < -0.39 is 10.0 Å². The molecule has 0 aliphatic carbocycles. The first-order valence-corrected chi connectivity index (χ1v) is 14.0. The maximum atomic E-state index is 13.4. The Bertz CT molecular complexity index is 1420. The lowest BCUT2D eigenvalue weighted by Crippen LogP contribution is -2.30. The van der Waals surface area contributed by atoms with E-state index in [0.717, 1.165) is 16.7 Å². The quantitative estimate of drug-likeness (QED) is 0.279. The molecule has 0 heterocycles. The number of amides is 1. The Kier molecular flexibility index (Phi) is 10.0. The number of primary sulfonamides is 1. The van der Waals surface area contributed by atoms with Gasteiger partial charge in [0, 0.05) is 18.7 Å². The molecule has 0 spiro atoms. The van der Waals surface area contributed by atoms with Crippen LogP contribution < -0.4 is 5.14 Å². The third kappa shape index (κ3) is 7.76. The molecule has 0 saturated heterocycles. The average Bonchev–Trinajstić information content (AvgIpc) is 2.89. The van der Waals surface area contributed by atoms with Gasteiger partial charge in [-0.2, -0.15) is 0 Å². The lowest BCUT2D eigenvalue weighted by atomic mass is 10.0. The first-order valence-electron chi connectivity index (χ1n) is 12.0. The highest BCUT2D eigenvalue weighted by atomic mass is 35.5. The molecule has 0 aromatic heterocycles. The van der Waals surface area contributed by atoms with Gasteiger partial charge in [0.15, 0.2) is 0 Å². The molecule has 0 fully saturated rings. The molecule has 0 aliphatic rings. The van der Waals surface area contributed by atoms with Crippen LogP contribution in [0.15, 0.2) is 108 Å². The van der Waals surface area contributed by atoms with Crippen molar-refractivity contribution in [3.8, 4) is 11.1 Å². The number of sulfonamides is 1. The average molecular weight is 535 g/mol. The topological polar surface area (TPSA) is 80.5 Å². The Morgan fingerprint density at radius 2 is 1.27 bits per heavy atom. The largest absolute Gasteiger partial charge is 0.330 e. The van der Waals surface area contributed by atoms with E-state index in [9.17, 15) is 13.2 Å². The van der Waals surface area contributed by atoms with Crippen LogP contribution >= 0.6 is 11.6 Å². The SMILES string of the molecule is CCC.NS(=O)(=O)c1ccccc1-c1ccc(CN(Cc2ccccc2)C(=O)c2ccccc2Cl)cc1. The van der Waals surface area contributed by atoms with Gasteiger partial charge in [0.1, 0.15) is 0 Å². The van der Waals surface area contributed by atoms with Gasteiger partial charge in [-0.05, 0) is 34.9 Å². The highest BCUT2D eigenvalue weighted by Gasteiger charge is 2.20. The van der Waals surface area contributed by atoms with Crippen molar-refractivity contribution < 1.29 is 13.2 Å². The molecule has 5 nitrogen and oxygen atoms in total. The van der Waals surface area contributed by atoms with E-state index >= 15 is 0 Å². The van der Waals surface area contributed by atoms with E-state index in [-0.39, 0.29) is 10.8 Å². The Morgan fingerprint density at radius 1 is 0.757 bits per heavy atom. The summed E-state index contributed by atoms with van der Waals surface area (Å²) in [6.07, 6.45) is 1.25. The molecular weight excluding hydrogens is 504 g/mol. The number of benzene rings is 4. The second kappa shape index (κ2) is 13.2. The van der Waals surface area contributed by atoms with E-state index in [1.54, 1.807) is 47.4 Å². The zero-order valence-corrected chi connectivity index (χ0v) is 22.5. The fourth-order valence-electron chi connectivity index (χ4n) is 3.77. The number of nitrogens with two attached hydrogens (primary N) is 1. The highest BCUT2D eigenvalue weighted by molar-refractivity contribution is 7.89. The lowest BCUT2D eigenvalue weighted by Gasteiger charge is -2.24. The van der Waals surface area contributed by atoms with Crippen molar-refractivity contribution in [3.05, 3.63) is 125 Å². The molecule has 192 valence electrons. The standard InChI is InChI=1S/C27H23ClN2O3S.C3H8/c28-25-12-6-4-11-24(25)27(31)30(18-20-8-2-1-3-9-20)19-21-14-16-22(17-15-21)23-10-5-7-13-26(23)34(29,32)33;1-3-2/h1-17H,18-19H2,(H2,29,32,33);3H2,1-2H3. The molecular formula is C30H31ClN2O3S. The van der Waals surface area contributed by atoms with Crippen LogP contribution in [0.5, 0.6) is 0 Å². The van der Waals surface area contributed by atoms with Crippen LogP contribution in [0.2, 0.25) is 5.02 Å². The predicted octanol–water partition coefficient (Wildman–Crippen LogP) is 6.91. The van der Waals surface area contributed by atoms with Gasteiger partial charge >= 0.3 is 0 Å². The van der Waals surface area contributed by atoms with Gasteiger partial charge in [-0.3, -0.25) is 4.79 Å². The summed E-state index contributed by atoms with van der Waals surface area (Å²) in [5.41, 5.74) is 3.60. The molecule has 4 rings (SSSR count). The van der Waals surface area contributed by atoms with E-state index in [0.29, 0.717) is 29.2 Å². The summed E-state index contributed by atoms with van der Waals surface area (Å²) in [7, 11) is -3.86. The molecule has 0 aliphatic heterocycles. The molecule has 4 aromatic rings. The molecule has 7 heteroatoms. The summed E-state index contributed by atoms with van der Waals surface area (Å²) in [6, 6.07) is 30.8. The van der Waals surface area contributed by atoms with Crippen LogP contribution in [-0.2, 0) is 23.1 Å². The Balaban J connectivity index is 0.00000121. The van der Waals surface area contributed by atoms with Crippen LogP contribution in [0.4, 0.5) is 0 Å². The number of rotatable bonds is 7. The number of hydrogen-bond acceptors (Lipinski definition) is 3. The number of carbonyl (C=O) groups is 1. The molecule has 0 atom stereocenters. The molecule has 2 N–H and O–H groups in total. The number of carbonyl (C=O) groups excluding carboxylic acids is 1. The smallest absolute Gasteiger partial charge is 0.255 e. The summed E-state index contributed by atoms with van der Waals surface area (Å²) >= 11 is 6.30. The second-order valence-electron chi connectivity index (χ2n) is 8.57. The minimum Gasteiger partial charge on any atom is -0.330 e. The van der Waals surface area contributed by atoms with Gasteiger partial charge in [0.2, 0.25) is 10.0 Å². The Morgan fingerprint density at radius 3 is 1.86 bits per heavy atom. The third-order valence-corrected chi connectivity index (χ3v) is 6.74. The summed E-state index contributed by atoms with van der Waals surface area (Å²) in [5.74, 6) is -0.168. The van der Waals surface area contributed by atoms with Gasteiger partial charge in [-0.1, -0.05) is 117 Å². The van der Waals surface area contributed by atoms with E-state index in [2.05, 4.69) is 13.8 Å². The molecule has 37 heavy (non-hydrogen) atoms. The fourth-order valence-corrected chi connectivity index (χ4v) is 4.75. The van der Waals surface area contributed by atoms with E-state index in [1.165, 1.54) is 12.5 Å². The summed E-state index contributed by atoms with van der Waals surface area (Å²) in [5, 5.41) is 5.79. The summed E-state index contributed by atoms with van der Waals surface area (Å²) in [4.78, 5) is 15.2. The fraction of sp³-hybridized carbons (Fsp3) is 0.167. The second-order valence-corrected chi connectivity index (χ2v) is 10.5. The Hall–Kier alpha value is -3.45. The van der Waals surface area contributed by atoms with Crippen LogP contribution in [0, 0.1) is 0 Å². The van der Waals surface area contributed by atoms with Gasteiger partial charge < -0.3 is 4.90 Å². The number of halogens is 1. The maximum Gasteiger partial charge on any atom is 0.255 e. The van der Waals surface area contributed by atoms with Crippen molar-refractivity contribution in [2.24, 2.45) is 5.14 Å². The van der Waals surface area contributed by atoms with Crippen molar-refractivity contribution in [1.29, 1.82) is 0 Å². The predicted molar refractivity (Wildman–Crippen MR) is 151 cm³/mol. The summed E-state index contributed by atoms with van der Waals surface area (Å²) in [6.45, 7) is 5.02. The minimum atomic E-state index is -3.86. The molecule has 4 aromatic carbocycles. The Labute approximate surface area is 224 Å². The third-order valence-electron chi connectivity index (χ3n) is 5.44. The summed E-state index contributed by atoms with van der Waals surface area (Å²) < 4.78 is 23.9. The van der Waals surface area contributed by atoms with Gasteiger partial charge in [-0.15, -0.1) is 0 Å². The van der Waals surface area contributed by atoms with E-state index in [1.807, 2.05) is 54.6 Å². The molecule has 0 saturated carbocycles. The van der Waals surface area contributed by atoms with Crippen LogP contribution in [0.1, 0.15) is 41.8 Å². The maximum absolute atomic E-state index is 13.4. The molecule has 0 radical (unpaired) electrons. The highest BCUT2D eigenvalue weighted by Crippen LogP contribution is 2.27. The van der Waals surface area contributed by atoms with Crippen molar-refractivity contribution in [1.82, 2.24) is 4.90 Å². The van der Waals surface area contributed by atoms with Crippen molar-refractivity contribution in [2.45, 2.75) is 38.3 Å². The van der Waals surface area contributed by atoms with Crippen molar-refractivity contribution in [2.75, 3.05) is 0 Å². The van der Waals surface area contributed by atoms with Crippen LogP contribution in [-0.4, -0.2) is 19.2 Å². The molecule has 1 amide bonds. The van der Waals surface area contributed by atoms with E-state index in [4.69, 9.17) is 16.7 Å². The molecule has 0 unspecified atom stereocenters. The molecule has 0 bridgehead atoms. The first-order chi connectivity index (χ1) is 17.7. The number of hydrogen-bond donors (Lipinski definition) is 1. The van der Waals surface area contributed by atoms with Gasteiger partial charge in [0.25, 0.3) is 5.91 Å². The number of nitrogens with zero attached hydrogens (tertiary/aromatic N) is 1. The van der Waals surface area contributed by atoms with Gasteiger partial charge in [0.05, 0.1) is 15.5 Å². The van der Waals surface area contributed by atoms with Crippen LogP contribution in [0.3, 0.4) is 0 Å². The minimum absolute atomic E-state index is 0.0716. The lowest BCUT2D eigenvalue weighted by molar-refractivity contribution is 0.0730. The van der Waals surface area contributed by atoms with Gasteiger partial charge in [-0.25, -0.2) is 13.6 Å². The van der Waals surface area contributed by atoms with Crippen molar-refractivity contribution >= 4 is 27.5 Å². The first kappa shape index (κ1) is 28.1. The monoisotopic (exact) mass is 534 g/mol. The normalized spacial score (nSPS) is 10.8.